The van der Waals surface area contributed by atoms with Crippen LogP contribution in [0.3, 0.4) is 0 Å². The molecule has 3 heteroatoms. The summed E-state index contributed by atoms with van der Waals surface area (Å²) in [6, 6.07) is 3.61. The van der Waals surface area contributed by atoms with Crippen molar-refractivity contribution in [3.8, 4) is 0 Å². The number of hydrogen-bond donors (Lipinski definition) is 0. The topological polar surface area (TPSA) is 39.4 Å². The lowest BCUT2D eigenvalue weighted by atomic mass is 10.0. The number of hydrogen-bond acceptors (Lipinski definition) is 3. The van der Waals surface area contributed by atoms with Crippen molar-refractivity contribution in [1.82, 2.24) is 0 Å². The smallest absolute Gasteiger partial charge is 0.140 e. The number of carbonyl (C=O) groups is 1. The Morgan fingerprint density at radius 3 is 3.00 bits per heavy atom. The van der Waals surface area contributed by atoms with E-state index in [-0.39, 0.29) is 11.7 Å². The fourth-order valence-corrected chi connectivity index (χ4v) is 1.41. The largest absolute Gasteiger partial charge is 0.469 e. The molecule has 1 atom stereocenters. The predicted molar refractivity (Wildman–Crippen MR) is 53.1 cm³/mol. The number of Topliss-reactive ketones (excluding diaryl/α,β-unsaturated/α-hetero) is 1. The monoisotopic (exact) mass is 196 g/mol. The molecule has 0 amide bonds. The van der Waals surface area contributed by atoms with Gasteiger partial charge >= 0.3 is 0 Å². The second-order valence-corrected chi connectivity index (χ2v) is 3.56. The van der Waals surface area contributed by atoms with Crippen LogP contribution in [0, 0.1) is 5.92 Å². The third-order valence-electron chi connectivity index (χ3n) is 1.98. The molecule has 0 aliphatic carbocycles. The van der Waals surface area contributed by atoms with Crippen molar-refractivity contribution in [2.24, 2.45) is 5.92 Å². The first kappa shape index (κ1) is 11.0. The highest BCUT2D eigenvalue weighted by molar-refractivity contribution is 5.80. The lowest BCUT2D eigenvalue weighted by molar-refractivity contribution is -0.119. The van der Waals surface area contributed by atoms with Crippen molar-refractivity contribution >= 4 is 5.78 Å². The zero-order chi connectivity index (χ0) is 10.4. The highest BCUT2D eigenvalue weighted by Gasteiger charge is 2.10. The Kier molecular flexibility index (Phi) is 4.40. The lowest BCUT2D eigenvalue weighted by Gasteiger charge is -2.07. The number of carbonyl (C=O) groups excluding carboxylic acids is 1. The molecule has 0 saturated carbocycles. The van der Waals surface area contributed by atoms with Gasteiger partial charge in [-0.15, -0.1) is 0 Å². The molecule has 1 aromatic heterocycles. The maximum atomic E-state index is 11.5. The van der Waals surface area contributed by atoms with Crippen molar-refractivity contribution in [3.05, 3.63) is 24.2 Å². The molecule has 1 aromatic rings. The summed E-state index contributed by atoms with van der Waals surface area (Å²) in [4.78, 5) is 11.5. The molecule has 0 N–H and O–H groups in total. The van der Waals surface area contributed by atoms with Crippen molar-refractivity contribution in [3.63, 3.8) is 0 Å². The Hall–Kier alpha value is -1.09. The summed E-state index contributed by atoms with van der Waals surface area (Å²) >= 11 is 0. The molecule has 1 heterocycles. The van der Waals surface area contributed by atoms with Crippen molar-refractivity contribution in [1.29, 1.82) is 0 Å². The number of methoxy groups -OCH3 is 1. The van der Waals surface area contributed by atoms with Crippen LogP contribution < -0.4 is 0 Å². The highest BCUT2D eigenvalue weighted by Crippen LogP contribution is 2.08. The molecule has 1 rings (SSSR count). The fraction of sp³-hybridized carbons (Fsp3) is 0.545. The van der Waals surface area contributed by atoms with Crippen LogP contribution in [0.4, 0.5) is 0 Å². The fourth-order valence-electron chi connectivity index (χ4n) is 1.41. The van der Waals surface area contributed by atoms with Crippen LogP contribution in [0.1, 0.15) is 19.1 Å². The maximum Gasteiger partial charge on any atom is 0.140 e. The summed E-state index contributed by atoms with van der Waals surface area (Å²) in [6.45, 7) is 2.63. The van der Waals surface area contributed by atoms with Gasteiger partial charge in [-0.2, -0.15) is 0 Å². The molecular weight excluding hydrogens is 180 g/mol. The minimum atomic E-state index is 0.199. The van der Waals surface area contributed by atoms with Gasteiger partial charge in [0.05, 0.1) is 12.7 Å². The third-order valence-corrected chi connectivity index (χ3v) is 1.98. The average Bonchev–Trinajstić information content (AvgIpc) is 2.56. The van der Waals surface area contributed by atoms with Gasteiger partial charge < -0.3 is 9.15 Å². The van der Waals surface area contributed by atoms with E-state index in [1.54, 1.807) is 19.4 Å². The van der Waals surface area contributed by atoms with Gasteiger partial charge in [0.1, 0.15) is 11.5 Å². The SMILES string of the molecule is COCC(C)CC(=O)Cc1ccco1. The van der Waals surface area contributed by atoms with E-state index in [0.717, 1.165) is 5.76 Å². The van der Waals surface area contributed by atoms with Gasteiger partial charge in [-0.3, -0.25) is 4.79 Å². The molecule has 78 valence electrons. The minimum Gasteiger partial charge on any atom is -0.469 e. The average molecular weight is 196 g/mol. The molecule has 0 fully saturated rings. The van der Waals surface area contributed by atoms with Crippen LogP contribution in [0.5, 0.6) is 0 Å². The maximum absolute atomic E-state index is 11.5. The molecule has 0 aliphatic heterocycles. The van der Waals surface area contributed by atoms with Gasteiger partial charge in [0, 0.05) is 20.1 Å². The summed E-state index contributed by atoms with van der Waals surface area (Å²) in [5, 5.41) is 0. The summed E-state index contributed by atoms with van der Waals surface area (Å²) in [6.07, 6.45) is 2.52. The van der Waals surface area contributed by atoms with Gasteiger partial charge in [-0.1, -0.05) is 6.92 Å². The standard InChI is InChI=1S/C11H16O3/c1-9(8-13-2)6-10(12)7-11-4-3-5-14-11/h3-5,9H,6-8H2,1-2H3. The van der Waals surface area contributed by atoms with Crippen LogP contribution >= 0.6 is 0 Å². The van der Waals surface area contributed by atoms with E-state index in [4.69, 9.17) is 9.15 Å². The van der Waals surface area contributed by atoms with E-state index < -0.39 is 0 Å². The molecule has 0 saturated heterocycles. The zero-order valence-electron chi connectivity index (χ0n) is 8.66. The minimum absolute atomic E-state index is 0.199. The predicted octanol–water partition coefficient (Wildman–Crippen LogP) is 2.06. The van der Waals surface area contributed by atoms with Crippen LogP contribution in [-0.2, 0) is 16.0 Å². The van der Waals surface area contributed by atoms with Crippen molar-refractivity contribution < 1.29 is 13.9 Å². The molecule has 3 nitrogen and oxygen atoms in total. The van der Waals surface area contributed by atoms with Crippen molar-refractivity contribution in [2.75, 3.05) is 13.7 Å². The first-order chi connectivity index (χ1) is 6.72. The van der Waals surface area contributed by atoms with Crippen LogP contribution in [0.25, 0.3) is 0 Å². The number of ether oxygens (including phenoxy) is 1. The Balaban J connectivity index is 2.29. The number of ketones is 1. The van der Waals surface area contributed by atoms with E-state index in [1.807, 2.05) is 13.0 Å². The normalized spacial score (nSPS) is 12.7. The van der Waals surface area contributed by atoms with Crippen LogP contribution in [0.2, 0.25) is 0 Å². The van der Waals surface area contributed by atoms with E-state index in [2.05, 4.69) is 0 Å². The highest BCUT2D eigenvalue weighted by atomic mass is 16.5. The molecule has 0 radical (unpaired) electrons. The van der Waals surface area contributed by atoms with Crippen LogP contribution in [-0.4, -0.2) is 19.5 Å². The summed E-state index contributed by atoms with van der Waals surface area (Å²) in [7, 11) is 1.65. The second-order valence-electron chi connectivity index (χ2n) is 3.56. The first-order valence-corrected chi connectivity index (χ1v) is 4.75. The molecule has 0 aromatic carbocycles. The molecule has 14 heavy (non-hydrogen) atoms. The Labute approximate surface area is 84.1 Å². The van der Waals surface area contributed by atoms with Gasteiger partial charge in [0.15, 0.2) is 0 Å². The molecule has 0 spiro atoms. The van der Waals surface area contributed by atoms with E-state index in [0.29, 0.717) is 19.4 Å². The summed E-state index contributed by atoms with van der Waals surface area (Å²) in [5.41, 5.74) is 0. The molecule has 0 bridgehead atoms. The van der Waals surface area contributed by atoms with E-state index in [1.165, 1.54) is 0 Å². The van der Waals surface area contributed by atoms with Gasteiger partial charge in [-0.25, -0.2) is 0 Å². The van der Waals surface area contributed by atoms with Crippen LogP contribution in [0.15, 0.2) is 22.8 Å². The second kappa shape index (κ2) is 5.60. The van der Waals surface area contributed by atoms with E-state index in [9.17, 15) is 4.79 Å². The number of furan rings is 1. The summed E-state index contributed by atoms with van der Waals surface area (Å²) < 4.78 is 10.1. The number of rotatable bonds is 6. The lowest BCUT2D eigenvalue weighted by Crippen LogP contribution is -2.12. The Morgan fingerprint density at radius 2 is 2.43 bits per heavy atom. The summed E-state index contributed by atoms with van der Waals surface area (Å²) in [5.74, 6) is 1.21. The molecule has 0 aliphatic rings. The first-order valence-electron chi connectivity index (χ1n) is 4.75. The third kappa shape index (κ3) is 3.75. The zero-order valence-corrected chi connectivity index (χ0v) is 8.66. The molecular formula is C11H16O3. The van der Waals surface area contributed by atoms with Gasteiger partial charge in [0.25, 0.3) is 0 Å². The van der Waals surface area contributed by atoms with Crippen molar-refractivity contribution in [2.45, 2.75) is 19.8 Å². The van der Waals surface area contributed by atoms with E-state index >= 15 is 0 Å². The Bertz CT molecular complexity index is 264. The Morgan fingerprint density at radius 1 is 1.64 bits per heavy atom. The molecule has 1 unspecified atom stereocenters. The van der Waals surface area contributed by atoms with Gasteiger partial charge in [-0.05, 0) is 18.1 Å². The quantitative estimate of drug-likeness (QED) is 0.699. The van der Waals surface area contributed by atoms with Gasteiger partial charge in [0.2, 0.25) is 0 Å².